The molecule has 0 bridgehead atoms. The summed E-state index contributed by atoms with van der Waals surface area (Å²) in [4.78, 5) is 13.3. The predicted octanol–water partition coefficient (Wildman–Crippen LogP) is 2.64. The Bertz CT molecular complexity index is 410. The second-order valence-corrected chi connectivity index (χ2v) is 4.15. The van der Waals surface area contributed by atoms with Crippen LogP contribution in [-0.2, 0) is 4.79 Å². The zero-order chi connectivity index (χ0) is 13.5. The van der Waals surface area contributed by atoms with Crippen LogP contribution in [0.25, 0.3) is 0 Å². The maximum atomic E-state index is 13.3. The van der Waals surface area contributed by atoms with Crippen LogP contribution < -0.4 is 5.32 Å². The van der Waals surface area contributed by atoms with Crippen molar-refractivity contribution < 1.29 is 13.6 Å². The Balaban J connectivity index is 2.47. The molecule has 1 N–H and O–H groups in total. The highest BCUT2D eigenvalue weighted by Gasteiger charge is 2.09. The summed E-state index contributed by atoms with van der Waals surface area (Å²) in [6, 6.07) is 3.22. The Morgan fingerprint density at radius 3 is 2.72 bits per heavy atom. The first-order valence-electron chi connectivity index (χ1n) is 5.97. The molecule has 3 nitrogen and oxygen atoms in total. The van der Waals surface area contributed by atoms with Crippen LogP contribution in [0.1, 0.15) is 19.8 Å². The van der Waals surface area contributed by atoms with Crippen molar-refractivity contribution in [3.63, 3.8) is 0 Å². The first kappa shape index (κ1) is 14.4. The molecule has 0 fully saturated rings. The molecule has 1 amide bonds. The summed E-state index contributed by atoms with van der Waals surface area (Å²) in [5.41, 5.74) is 0.133. The Morgan fingerprint density at radius 1 is 1.39 bits per heavy atom. The number of unbranched alkanes of at least 4 members (excludes halogenated alkanes) is 1. The predicted molar refractivity (Wildman–Crippen MR) is 67.4 cm³/mol. The number of carbonyl (C=O) groups excluding carboxylic acids is 1. The van der Waals surface area contributed by atoms with Crippen LogP contribution in [0.2, 0.25) is 0 Å². The molecule has 1 aromatic carbocycles. The van der Waals surface area contributed by atoms with Gasteiger partial charge in [-0.2, -0.15) is 0 Å². The molecule has 5 heteroatoms. The van der Waals surface area contributed by atoms with Crippen LogP contribution in [0.3, 0.4) is 0 Å². The highest BCUT2D eigenvalue weighted by molar-refractivity contribution is 5.80. The van der Waals surface area contributed by atoms with E-state index in [-0.39, 0.29) is 18.1 Å². The van der Waals surface area contributed by atoms with Crippen LogP contribution in [-0.4, -0.2) is 30.9 Å². The Hall–Kier alpha value is -1.65. The topological polar surface area (TPSA) is 32.3 Å². The van der Waals surface area contributed by atoms with Crippen molar-refractivity contribution in [1.82, 2.24) is 4.90 Å². The lowest BCUT2D eigenvalue weighted by molar-refractivity contribution is -0.128. The summed E-state index contributed by atoms with van der Waals surface area (Å²) in [6.07, 6.45) is 1.95. The number of likely N-dealkylation sites (N-methyl/N-ethyl adjacent to an activating group) is 1. The minimum absolute atomic E-state index is 0.00274. The van der Waals surface area contributed by atoms with Crippen LogP contribution in [0.15, 0.2) is 18.2 Å². The first-order chi connectivity index (χ1) is 8.54. The molecule has 0 heterocycles. The fourth-order valence-electron chi connectivity index (χ4n) is 1.46. The van der Waals surface area contributed by atoms with Crippen LogP contribution in [0.5, 0.6) is 0 Å². The van der Waals surface area contributed by atoms with Gasteiger partial charge < -0.3 is 10.2 Å². The molecule has 0 aromatic heterocycles. The molecule has 0 spiro atoms. The van der Waals surface area contributed by atoms with Gasteiger partial charge in [0, 0.05) is 19.7 Å². The van der Waals surface area contributed by atoms with Crippen LogP contribution in [0, 0.1) is 11.6 Å². The smallest absolute Gasteiger partial charge is 0.241 e. The van der Waals surface area contributed by atoms with Gasteiger partial charge in [-0.3, -0.25) is 4.79 Å². The molecule has 1 aromatic rings. The van der Waals surface area contributed by atoms with Crippen LogP contribution in [0.4, 0.5) is 14.5 Å². The van der Waals surface area contributed by atoms with Crippen molar-refractivity contribution in [3.05, 3.63) is 29.8 Å². The van der Waals surface area contributed by atoms with E-state index in [1.807, 2.05) is 6.92 Å². The van der Waals surface area contributed by atoms with E-state index in [4.69, 9.17) is 0 Å². The zero-order valence-corrected chi connectivity index (χ0v) is 10.7. The first-order valence-corrected chi connectivity index (χ1v) is 5.97. The number of benzene rings is 1. The molecule has 0 unspecified atom stereocenters. The quantitative estimate of drug-likeness (QED) is 0.848. The van der Waals surface area contributed by atoms with E-state index in [1.165, 1.54) is 6.07 Å². The monoisotopic (exact) mass is 256 g/mol. The average Bonchev–Trinajstić information content (AvgIpc) is 2.34. The van der Waals surface area contributed by atoms with Crippen molar-refractivity contribution in [1.29, 1.82) is 0 Å². The van der Waals surface area contributed by atoms with Gasteiger partial charge in [0.2, 0.25) is 5.91 Å². The SMILES string of the molecule is CCCCN(C)C(=O)CNc1ccc(F)cc1F. The van der Waals surface area contributed by atoms with Gasteiger partial charge in [-0.25, -0.2) is 8.78 Å². The van der Waals surface area contributed by atoms with Gasteiger partial charge >= 0.3 is 0 Å². The van der Waals surface area contributed by atoms with E-state index in [0.717, 1.165) is 25.0 Å². The van der Waals surface area contributed by atoms with Gasteiger partial charge in [-0.1, -0.05) is 13.3 Å². The highest BCUT2D eigenvalue weighted by Crippen LogP contribution is 2.14. The van der Waals surface area contributed by atoms with Gasteiger partial charge in [-0.15, -0.1) is 0 Å². The Labute approximate surface area is 106 Å². The number of amides is 1. The number of nitrogens with zero attached hydrogens (tertiary/aromatic N) is 1. The van der Waals surface area contributed by atoms with E-state index >= 15 is 0 Å². The normalized spacial score (nSPS) is 10.2. The standard InChI is InChI=1S/C13H18F2N2O/c1-3-4-7-17(2)13(18)9-16-12-6-5-10(14)8-11(12)15/h5-6,8,16H,3-4,7,9H2,1-2H3. The number of hydrogen-bond donors (Lipinski definition) is 1. The van der Waals surface area contributed by atoms with Crippen molar-refractivity contribution in [2.75, 3.05) is 25.5 Å². The average molecular weight is 256 g/mol. The molecular weight excluding hydrogens is 238 g/mol. The van der Waals surface area contributed by atoms with E-state index < -0.39 is 11.6 Å². The summed E-state index contributed by atoms with van der Waals surface area (Å²) in [7, 11) is 1.71. The number of anilines is 1. The van der Waals surface area contributed by atoms with E-state index in [1.54, 1.807) is 11.9 Å². The Morgan fingerprint density at radius 2 is 2.11 bits per heavy atom. The van der Waals surface area contributed by atoms with Crippen LogP contribution >= 0.6 is 0 Å². The molecule has 0 aliphatic rings. The molecule has 100 valence electrons. The fraction of sp³-hybridized carbons (Fsp3) is 0.462. The van der Waals surface area contributed by atoms with Gasteiger partial charge in [-0.05, 0) is 18.6 Å². The highest BCUT2D eigenvalue weighted by atomic mass is 19.1. The maximum absolute atomic E-state index is 13.3. The van der Waals surface area contributed by atoms with E-state index in [2.05, 4.69) is 5.32 Å². The molecule has 1 rings (SSSR count). The van der Waals surface area contributed by atoms with Gasteiger partial charge in [0.15, 0.2) is 0 Å². The molecule has 18 heavy (non-hydrogen) atoms. The third-order valence-corrected chi connectivity index (χ3v) is 2.63. The molecule has 0 aliphatic carbocycles. The number of halogens is 2. The van der Waals surface area contributed by atoms with Crippen molar-refractivity contribution in [2.24, 2.45) is 0 Å². The van der Waals surface area contributed by atoms with Gasteiger partial charge in [0.05, 0.1) is 12.2 Å². The lowest BCUT2D eigenvalue weighted by Gasteiger charge is -2.17. The maximum Gasteiger partial charge on any atom is 0.241 e. The number of rotatable bonds is 6. The molecule has 0 radical (unpaired) electrons. The summed E-state index contributed by atoms with van der Waals surface area (Å²) >= 11 is 0. The molecular formula is C13H18F2N2O. The Kier molecular flexibility index (Phi) is 5.55. The second-order valence-electron chi connectivity index (χ2n) is 4.15. The second kappa shape index (κ2) is 6.93. The molecule has 0 aliphatic heterocycles. The van der Waals surface area contributed by atoms with Gasteiger partial charge in [0.25, 0.3) is 0 Å². The minimum Gasteiger partial charge on any atom is -0.374 e. The summed E-state index contributed by atoms with van der Waals surface area (Å²) in [6.45, 7) is 2.73. The lowest BCUT2D eigenvalue weighted by atomic mass is 10.3. The third-order valence-electron chi connectivity index (χ3n) is 2.63. The molecule has 0 saturated carbocycles. The van der Waals surface area contributed by atoms with Crippen molar-refractivity contribution in [2.45, 2.75) is 19.8 Å². The summed E-state index contributed by atoms with van der Waals surface area (Å²) in [5, 5.41) is 2.66. The third kappa shape index (κ3) is 4.31. The summed E-state index contributed by atoms with van der Waals surface area (Å²) in [5.74, 6) is -1.45. The van der Waals surface area contributed by atoms with Gasteiger partial charge in [0.1, 0.15) is 11.6 Å². The van der Waals surface area contributed by atoms with E-state index in [9.17, 15) is 13.6 Å². The number of hydrogen-bond acceptors (Lipinski definition) is 2. The number of nitrogens with one attached hydrogen (secondary N) is 1. The number of carbonyl (C=O) groups is 1. The van der Waals surface area contributed by atoms with Crippen molar-refractivity contribution >= 4 is 11.6 Å². The lowest BCUT2D eigenvalue weighted by Crippen LogP contribution is -2.33. The van der Waals surface area contributed by atoms with E-state index in [0.29, 0.717) is 6.54 Å². The molecule has 0 saturated heterocycles. The summed E-state index contributed by atoms with van der Waals surface area (Å²) < 4.78 is 25.9. The largest absolute Gasteiger partial charge is 0.374 e. The minimum atomic E-state index is -0.695. The zero-order valence-electron chi connectivity index (χ0n) is 10.7. The van der Waals surface area contributed by atoms with Crippen molar-refractivity contribution in [3.8, 4) is 0 Å². The fourth-order valence-corrected chi connectivity index (χ4v) is 1.46. The molecule has 0 atom stereocenters.